The van der Waals surface area contributed by atoms with E-state index in [4.69, 9.17) is 5.11 Å². The number of tetrazole rings is 1. The molecule has 2 N–H and O–H groups in total. The number of aromatic carboxylic acids is 1. The molecule has 0 atom stereocenters. The predicted molar refractivity (Wildman–Crippen MR) is 46.6 cm³/mol. The van der Waals surface area contributed by atoms with Crippen molar-refractivity contribution >= 4 is 5.97 Å². The van der Waals surface area contributed by atoms with Gasteiger partial charge in [0.05, 0.1) is 5.56 Å². The topological polar surface area (TPSA) is 91.8 Å². The van der Waals surface area contributed by atoms with Crippen molar-refractivity contribution in [3.8, 4) is 11.4 Å². The second kappa shape index (κ2) is 4.75. The average molecular weight is 256 g/mol. The zero-order valence-corrected chi connectivity index (χ0v) is 10.7. The fourth-order valence-corrected chi connectivity index (χ4v) is 1.05. The van der Waals surface area contributed by atoms with Crippen molar-refractivity contribution in [2.45, 2.75) is 0 Å². The molecular formula is C8H6N4O2Zn. The van der Waals surface area contributed by atoms with Crippen LogP contribution in [0.3, 0.4) is 0 Å². The smallest absolute Gasteiger partial charge is 0.335 e. The van der Waals surface area contributed by atoms with Crippen LogP contribution in [0.1, 0.15) is 10.4 Å². The molecule has 1 heterocycles. The fourth-order valence-electron chi connectivity index (χ4n) is 1.05. The third kappa shape index (κ3) is 2.44. The molecular weight excluding hydrogens is 250 g/mol. The summed E-state index contributed by atoms with van der Waals surface area (Å²) in [5.74, 6) is -0.436. The number of rotatable bonds is 2. The molecule has 72 valence electrons. The number of aromatic amines is 1. The Morgan fingerprint density at radius 2 is 1.93 bits per heavy atom. The van der Waals surface area contributed by atoms with Gasteiger partial charge in [-0.15, -0.1) is 5.10 Å². The van der Waals surface area contributed by atoms with Gasteiger partial charge in [0, 0.05) is 25.0 Å². The minimum Gasteiger partial charge on any atom is -0.478 e. The summed E-state index contributed by atoms with van der Waals surface area (Å²) in [6.07, 6.45) is 0. The molecule has 0 fully saturated rings. The van der Waals surface area contributed by atoms with Crippen LogP contribution < -0.4 is 0 Å². The normalized spacial score (nSPS) is 9.33. The first kappa shape index (κ1) is 11.5. The van der Waals surface area contributed by atoms with Gasteiger partial charge in [-0.25, -0.2) is 9.89 Å². The van der Waals surface area contributed by atoms with Crippen molar-refractivity contribution in [3.63, 3.8) is 0 Å². The fraction of sp³-hybridized carbons (Fsp3) is 0. The number of nitrogens with one attached hydrogen (secondary N) is 1. The molecule has 0 aliphatic rings. The van der Waals surface area contributed by atoms with Crippen LogP contribution in [0.4, 0.5) is 0 Å². The molecule has 2 rings (SSSR count). The second-order valence-electron chi connectivity index (χ2n) is 2.63. The number of benzene rings is 1. The van der Waals surface area contributed by atoms with Crippen molar-refractivity contribution in [1.29, 1.82) is 0 Å². The summed E-state index contributed by atoms with van der Waals surface area (Å²) < 4.78 is 0. The Bertz CT molecular complexity index is 440. The van der Waals surface area contributed by atoms with Crippen LogP contribution in [-0.2, 0) is 19.5 Å². The number of H-pyrrole nitrogens is 1. The van der Waals surface area contributed by atoms with Crippen molar-refractivity contribution < 1.29 is 29.4 Å². The van der Waals surface area contributed by atoms with Crippen molar-refractivity contribution in [2.75, 3.05) is 0 Å². The van der Waals surface area contributed by atoms with Crippen molar-refractivity contribution in [1.82, 2.24) is 20.6 Å². The number of hydrogen-bond acceptors (Lipinski definition) is 4. The summed E-state index contributed by atoms with van der Waals surface area (Å²) in [6, 6.07) is 6.29. The maximum Gasteiger partial charge on any atom is 0.335 e. The molecule has 1 aromatic carbocycles. The van der Waals surface area contributed by atoms with Gasteiger partial charge in [0.15, 0.2) is 5.82 Å². The summed E-state index contributed by atoms with van der Waals surface area (Å²) in [6.45, 7) is 0. The molecule has 0 aliphatic carbocycles. The standard InChI is InChI=1S/C8H6N4O2.Zn/c13-8(14)6-3-1-5(2-4-6)7-9-11-12-10-7;/h1-4H,(H,13,14)(H,9,10,11,12);. The zero-order valence-electron chi connectivity index (χ0n) is 7.71. The average Bonchev–Trinajstić information content (AvgIpc) is 2.71. The van der Waals surface area contributed by atoms with Crippen LogP contribution in [0.2, 0.25) is 0 Å². The SMILES string of the molecule is O=C(O)c1ccc(-c2nnn[nH]2)cc1.[Zn]. The first-order valence-electron chi connectivity index (χ1n) is 3.85. The van der Waals surface area contributed by atoms with Crippen LogP contribution in [-0.4, -0.2) is 31.7 Å². The molecule has 0 unspecified atom stereocenters. The number of carboxylic acids is 1. The maximum absolute atomic E-state index is 10.6. The molecule has 0 saturated heterocycles. The first-order chi connectivity index (χ1) is 6.77. The second-order valence-corrected chi connectivity index (χ2v) is 2.63. The third-order valence-corrected chi connectivity index (χ3v) is 1.75. The number of carboxylic acid groups (broad SMARTS) is 1. The number of hydrogen-bond donors (Lipinski definition) is 2. The monoisotopic (exact) mass is 254 g/mol. The van der Waals surface area contributed by atoms with E-state index >= 15 is 0 Å². The predicted octanol–water partition coefficient (Wildman–Crippen LogP) is 0.562. The minimum atomic E-state index is -0.952. The summed E-state index contributed by atoms with van der Waals surface area (Å²) in [4.78, 5) is 10.6. The van der Waals surface area contributed by atoms with E-state index in [9.17, 15) is 4.79 Å². The minimum absolute atomic E-state index is 0. The Morgan fingerprint density at radius 3 is 2.40 bits per heavy atom. The summed E-state index contributed by atoms with van der Waals surface area (Å²) in [7, 11) is 0. The van der Waals surface area contributed by atoms with E-state index in [1.54, 1.807) is 12.1 Å². The van der Waals surface area contributed by atoms with E-state index in [1.165, 1.54) is 12.1 Å². The van der Waals surface area contributed by atoms with Crippen molar-refractivity contribution in [2.24, 2.45) is 0 Å². The molecule has 2 aromatic rings. The Hall–Kier alpha value is -1.62. The van der Waals surface area contributed by atoms with E-state index in [-0.39, 0.29) is 25.0 Å². The van der Waals surface area contributed by atoms with Gasteiger partial charge in [-0.05, 0) is 22.6 Å². The summed E-state index contributed by atoms with van der Waals surface area (Å²) >= 11 is 0. The van der Waals surface area contributed by atoms with Crippen LogP contribution in [0.15, 0.2) is 24.3 Å². The molecule has 0 bridgehead atoms. The number of carbonyl (C=O) groups is 1. The maximum atomic E-state index is 10.6. The van der Waals surface area contributed by atoms with Gasteiger partial charge in [0.25, 0.3) is 0 Å². The molecule has 0 aliphatic heterocycles. The molecule has 7 heteroatoms. The van der Waals surface area contributed by atoms with E-state index < -0.39 is 5.97 Å². The van der Waals surface area contributed by atoms with E-state index in [2.05, 4.69) is 20.6 Å². The van der Waals surface area contributed by atoms with Crippen molar-refractivity contribution in [3.05, 3.63) is 29.8 Å². The van der Waals surface area contributed by atoms with Gasteiger partial charge >= 0.3 is 5.97 Å². The van der Waals surface area contributed by atoms with Gasteiger partial charge in [-0.2, -0.15) is 0 Å². The molecule has 0 spiro atoms. The molecule has 6 nitrogen and oxygen atoms in total. The van der Waals surface area contributed by atoms with E-state index in [0.717, 1.165) is 5.56 Å². The number of aromatic nitrogens is 4. The summed E-state index contributed by atoms with van der Waals surface area (Å²) in [5, 5.41) is 21.8. The Labute approximate surface area is 97.5 Å². The van der Waals surface area contributed by atoms with Crippen LogP contribution in [0.25, 0.3) is 11.4 Å². The number of nitrogens with zero attached hydrogens (tertiary/aromatic N) is 3. The Kier molecular flexibility index (Phi) is 3.63. The van der Waals surface area contributed by atoms with E-state index in [0.29, 0.717) is 5.82 Å². The third-order valence-electron chi connectivity index (χ3n) is 1.75. The van der Waals surface area contributed by atoms with Gasteiger partial charge in [0.1, 0.15) is 0 Å². The van der Waals surface area contributed by atoms with Crippen LogP contribution >= 0.6 is 0 Å². The van der Waals surface area contributed by atoms with Crippen LogP contribution in [0, 0.1) is 0 Å². The van der Waals surface area contributed by atoms with Gasteiger partial charge in [-0.1, -0.05) is 12.1 Å². The van der Waals surface area contributed by atoms with Gasteiger partial charge < -0.3 is 5.11 Å². The Morgan fingerprint density at radius 1 is 1.27 bits per heavy atom. The largest absolute Gasteiger partial charge is 0.478 e. The Balaban J connectivity index is 0.00000112. The van der Waals surface area contributed by atoms with Gasteiger partial charge in [-0.3, -0.25) is 0 Å². The van der Waals surface area contributed by atoms with Gasteiger partial charge in [0.2, 0.25) is 0 Å². The van der Waals surface area contributed by atoms with Crippen LogP contribution in [0.5, 0.6) is 0 Å². The molecule has 1 aromatic heterocycles. The van der Waals surface area contributed by atoms with E-state index in [1.807, 2.05) is 0 Å². The quantitative estimate of drug-likeness (QED) is 0.765. The zero-order chi connectivity index (χ0) is 9.97. The molecule has 0 amide bonds. The molecule has 15 heavy (non-hydrogen) atoms. The first-order valence-corrected chi connectivity index (χ1v) is 3.85. The molecule has 0 saturated carbocycles. The molecule has 0 radical (unpaired) electrons. The summed E-state index contributed by atoms with van der Waals surface area (Å²) in [5.41, 5.74) is 0.987.